The van der Waals surface area contributed by atoms with Crippen molar-refractivity contribution in [2.75, 3.05) is 7.11 Å². The monoisotopic (exact) mass is 258 g/mol. The summed E-state index contributed by atoms with van der Waals surface area (Å²) in [5, 5.41) is 0. The molecule has 100 valence electrons. The number of benzene rings is 2. The van der Waals surface area contributed by atoms with E-state index in [-0.39, 0.29) is 5.82 Å². The summed E-state index contributed by atoms with van der Waals surface area (Å²) in [4.78, 5) is 0. The Morgan fingerprint density at radius 3 is 1.84 bits per heavy atom. The molecule has 0 saturated heterocycles. The quantitative estimate of drug-likeness (QED) is 0.778. The van der Waals surface area contributed by atoms with Crippen LogP contribution in [0.2, 0.25) is 0 Å². The third-order valence-electron chi connectivity index (χ3n) is 3.24. The van der Waals surface area contributed by atoms with Gasteiger partial charge in [-0.25, -0.2) is 4.39 Å². The highest BCUT2D eigenvalue weighted by Gasteiger charge is 2.05. The Labute approximate surface area is 114 Å². The van der Waals surface area contributed by atoms with Gasteiger partial charge < -0.3 is 4.74 Å². The molecule has 0 fully saturated rings. The summed E-state index contributed by atoms with van der Waals surface area (Å²) in [5.41, 5.74) is 2.48. The molecule has 2 rings (SSSR count). The Morgan fingerprint density at radius 2 is 1.37 bits per heavy atom. The van der Waals surface area contributed by atoms with E-state index in [4.69, 9.17) is 4.74 Å². The molecule has 0 aliphatic rings. The summed E-state index contributed by atoms with van der Waals surface area (Å²) in [6.07, 6.45) is 1.98. The van der Waals surface area contributed by atoms with Gasteiger partial charge in [-0.15, -0.1) is 0 Å². The molecule has 0 heterocycles. The van der Waals surface area contributed by atoms with Gasteiger partial charge in [0.1, 0.15) is 11.6 Å². The minimum absolute atomic E-state index is 0.174. The summed E-state index contributed by atoms with van der Waals surface area (Å²) >= 11 is 0. The van der Waals surface area contributed by atoms with Crippen LogP contribution in [-0.2, 0) is 12.8 Å². The maximum atomic E-state index is 12.8. The first-order valence-corrected chi connectivity index (χ1v) is 6.55. The number of ether oxygens (including phenoxy) is 1. The zero-order chi connectivity index (χ0) is 13.7. The molecule has 0 N–H and O–H groups in total. The van der Waals surface area contributed by atoms with Gasteiger partial charge in [-0.05, 0) is 54.2 Å². The normalized spacial score (nSPS) is 12.2. The first kappa shape index (κ1) is 13.6. The lowest BCUT2D eigenvalue weighted by Crippen LogP contribution is -2.04. The first-order chi connectivity index (χ1) is 9.17. The van der Waals surface area contributed by atoms with E-state index in [0.717, 1.165) is 18.6 Å². The van der Waals surface area contributed by atoms with Crippen LogP contribution >= 0.6 is 0 Å². The number of hydrogen-bond donors (Lipinski definition) is 0. The fourth-order valence-corrected chi connectivity index (χ4v) is 2.26. The average molecular weight is 258 g/mol. The second-order valence-corrected chi connectivity index (χ2v) is 4.99. The molecule has 1 nitrogen and oxygen atoms in total. The highest BCUT2D eigenvalue weighted by atomic mass is 19.1. The molecule has 0 spiro atoms. The zero-order valence-electron chi connectivity index (χ0n) is 11.4. The van der Waals surface area contributed by atoms with Gasteiger partial charge in [0, 0.05) is 0 Å². The first-order valence-electron chi connectivity index (χ1n) is 6.55. The van der Waals surface area contributed by atoms with Crippen LogP contribution in [0.1, 0.15) is 18.1 Å². The lowest BCUT2D eigenvalue weighted by atomic mass is 9.94. The predicted molar refractivity (Wildman–Crippen MR) is 76.0 cm³/mol. The molecule has 0 radical (unpaired) electrons. The average Bonchev–Trinajstić information content (AvgIpc) is 2.42. The van der Waals surface area contributed by atoms with Gasteiger partial charge in [0.2, 0.25) is 0 Å². The summed E-state index contributed by atoms with van der Waals surface area (Å²) in [6.45, 7) is 2.22. The smallest absolute Gasteiger partial charge is 0.123 e. The maximum Gasteiger partial charge on any atom is 0.123 e. The number of methoxy groups -OCH3 is 1. The summed E-state index contributed by atoms with van der Waals surface area (Å²) < 4.78 is 18.0. The third kappa shape index (κ3) is 4.09. The van der Waals surface area contributed by atoms with Crippen molar-refractivity contribution in [2.24, 2.45) is 5.92 Å². The van der Waals surface area contributed by atoms with Crippen LogP contribution in [0.4, 0.5) is 4.39 Å². The molecule has 0 aliphatic carbocycles. The van der Waals surface area contributed by atoms with Crippen LogP contribution in [0.5, 0.6) is 5.75 Å². The second kappa shape index (κ2) is 6.37. The van der Waals surface area contributed by atoms with Crippen LogP contribution in [0.3, 0.4) is 0 Å². The van der Waals surface area contributed by atoms with Crippen molar-refractivity contribution in [3.63, 3.8) is 0 Å². The van der Waals surface area contributed by atoms with Crippen molar-refractivity contribution in [3.05, 3.63) is 65.5 Å². The van der Waals surface area contributed by atoms with Crippen LogP contribution in [0.25, 0.3) is 0 Å². The van der Waals surface area contributed by atoms with Crippen LogP contribution < -0.4 is 4.74 Å². The van der Waals surface area contributed by atoms with Crippen LogP contribution in [0.15, 0.2) is 48.5 Å². The molecule has 19 heavy (non-hydrogen) atoms. The molecule has 0 bridgehead atoms. The van der Waals surface area contributed by atoms with Crippen molar-refractivity contribution in [2.45, 2.75) is 19.8 Å². The van der Waals surface area contributed by atoms with Crippen LogP contribution in [0, 0.1) is 11.7 Å². The van der Waals surface area contributed by atoms with E-state index in [2.05, 4.69) is 19.1 Å². The van der Waals surface area contributed by atoms with E-state index in [1.807, 2.05) is 24.3 Å². The lowest BCUT2D eigenvalue weighted by molar-refractivity contribution is 0.414. The van der Waals surface area contributed by atoms with Crippen molar-refractivity contribution in [1.82, 2.24) is 0 Å². The molecule has 0 amide bonds. The molecule has 1 atom stereocenters. The van der Waals surface area contributed by atoms with Gasteiger partial charge in [0.25, 0.3) is 0 Å². The Balaban J connectivity index is 1.92. The van der Waals surface area contributed by atoms with Gasteiger partial charge in [-0.1, -0.05) is 31.2 Å². The van der Waals surface area contributed by atoms with Gasteiger partial charge in [0.05, 0.1) is 7.11 Å². The molecule has 1 unspecified atom stereocenters. The highest BCUT2D eigenvalue weighted by Crippen LogP contribution is 2.17. The van der Waals surface area contributed by atoms with Crippen molar-refractivity contribution in [3.8, 4) is 5.75 Å². The predicted octanol–water partition coefficient (Wildman–Crippen LogP) is 4.26. The van der Waals surface area contributed by atoms with Gasteiger partial charge in [-0.2, -0.15) is 0 Å². The van der Waals surface area contributed by atoms with Crippen LogP contribution in [-0.4, -0.2) is 7.11 Å². The standard InChI is InChI=1S/C17H19FO/c1-13(11-14-3-7-16(18)8-4-14)12-15-5-9-17(19-2)10-6-15/h3-10,13H,11-12H2,1-2H3. The lowest BCUT2D eigenvalue weighted by Gasteiger charge is -2.12. The molecule has 0 aromatic heterocycles. The van der Waals surface area contributed by atoms with E-state index in [1.54, 1.807) is 7.11 Å². The minimum atomic E-state index is -0.174. The Morgan fingerprint density at radius 1 is 0.895 bits per heavy atom. The number of rotatable bonds is 5. The molecule has 2 aromatic carbocycles. The molecule has 0 aliphatic heterocycles. The topological polar surface area (TPSA) is 9.23 Å². The summed E-state index contributed by atoms with van der Waals surface area (Å²) in [5.74, 6) is 1.24. The Kier molecular flexibility index (Phi) is 4.56. The Hall–Kier alpha value is -1.83. The van der Waals surface area contributed by atoms with Gasteiger partial charge in [-0.3, -0.25) is 0 Å². The van der Waals surface area contributed by atoms with Crippen molar-refractivity contribution in [1.29, 1.82) is 0 Å². The molecule has 2 aromatic rings. The number of hydrogen-bond acceptors (Lipinski definition) is 1. The third-order valence-corrected chi connectivity index (χ3v) is 3.24. The van der Waals surface area contributed by atoms with Crippen molar-refractivity contribution < 1.29 is 9.13 Å². The fraction of sp³-hybridized carbons (Fsp3) is 0.294. The Bertz CT molecular complexity index is 502. The van der Waals surface area contributed by atoms with E-state index in [0.29, 0.717) is 5.92 Å². The zero-order valence-corrected chi connectivity index (χ0v) is 11.4. The summed E-state index contributed by atoms with van der Waals surface area (Å²) in [7, 11) is 1.67. The fourth-order valence-electron chi connectivity index (χ4n) is 2.26. The summed E-state index contributed by atoms with van der Waals surface area (Å²) in [6, 6.07) is 14.9. The van der Waals surface area contributed by atoms with Crippen molar-refractivity contribution >= 4 is 0 Å². The van der Waals surface area contributed by atoms with E-state index in [1.165, 1.54) is 23.3 Å². The largest absolute Gasteiger partial charge is 0.497 e. The molecular weight excluding hydrogens is 239 g/mol. The maximum absolute atomic E-state index is 12.8. The SMILES string of the molecule is COc1ccc(CC(C)Cc2ccc(F)cc2)cc1. The van der Waals surface area contributed by atoms with Gasteiger partial charge in [0.15, 0.2) is 0 Å². The molecule has 2 heteroatoms. The van der Waals surface area contributed by atoms with E-state index >= 15 is 0 Å². The van der Waals surface area contributed by atoms with E-state index in [9.17, 15) is 4.39 Å². The highest BCUT2D eigenvalue weighted by molar-refractivity contribution is 5.27. The second-order valence-electron chi connectivity index (χ2n) is 4.99. The van der Waals surface area contributed by atoms with Gasteiger partial charge >= 0.3 is 0 Å². The molecule has 0 saturated carbocycles. The van der Waals surface area contributed by atoms with E-state index < -0.39 is 0 Å². The minimum Gasteiger partial charge on any atom is -0.497 e. The molecular formula is C17H19FO. The number of halogens is 1.